The summed E-state index contributed by atoms with van der Waals surface area (Å²) < 4.78 is 11.2. The standard InChI is InChI=1S/C15H25NO4/c1-15(2,3)20-14(18)16-10-6-9-12(13(16)17)19-11-7-4-5-8-11/h11-12H,4-10H2,1-3H3. The minimum atomic E-state index is -0.587. The van der Waals surface area contributed by atoms with Crippen molar-refractivity contribution in [2.45, 2.75) is 77.1 Å². The van der Waals surface area contributed by atoms with E-state index in [1.165, 1.54) is 17.7 Å². The fourth-order valence-electron chi connectivity index (χ4n) is 2.72. The maximum absolute atomic E-state index is 12.3. The molecule has 1 saturated heterocycles. The van der Waals surface area contributed by atoms with E-state index in [4.69, 9.17) is 9.47 Å². The van der Waals surface area contributed by atoms with Gasteiger partial charge in [0.1, 0.15) is 11.7 Å². The number of rotatable bonds is 2. The Labute approximate surface area is 120 Å². The lowest BCUT2D eigenvalue weighted by atomic mass is 10.1. The number of hydrogen-bond donors (Lipinski definition) is 0. The lowest BCUT2D eigenvalue weighted by Gasteiger charge is -2.33. The zero-order valence-corrected chi connectivity index (χ0v) is 12.7. The first kappa shape index (κ1) is 15.3. The van der Waals surface area contributed by atoms with Gasteiger partial charge in [0, 0.05) is 6.54 Å². The van der Waals surface area contributed by atoms with E-state index in [1.807, 2.05) is 0 Å². The van der Waals surface area contributed by atoms with Crippen LogP contribution in [-0.4, -0.2) is 41.3 Å². The molecule has 2 rings (SSSR count). The highest BCUT2D eigenvalue weighted by molar-refractivity contribution is 5.95. The number of hydrogen-bond acceptors (Lipinski definition) is 4. The van der Waals surface area contributed by atoms with E-state index in [1.54, 1.807) is 20.8 Å². The molecule has 0 aromatic heterocycles. The molecule has 0 bridgehead atoms. The summed E-state index contributed by atoms with van der Waals surface area (Å²) in [6.45, 7) is 5.82. The van der Waals surface area contributed by atoms with E-state index in [2.05, 4.69) is 0 Å². The topological polar surface area (TPSA) is 55.8 Å². The Bertz CT molecular complexity index is 369. The number of piperidine rings is 1. The number of ether oxygens (including phenoxy) is 2. The van der Waals surface area contributed by atoms with Gasteiger partial charge in [-0.1, -0.05) is 12.8 Å². The molecular formula is C15H25NO4. The van der Waals surface area contributed by atoms with Crippen LogP contribution in [-0.2, 0) is 14.3 Å². The van der Waals surface area contributed by atoms with Crippen LogP contribution in [0.3, 0.4) is 0 Å². The van der Waals surface area contributed by atoms with Gasteiger partial charge >= 0.3 is 6.09 Å². The van der Waals surface area contributed by atoms with Gasteiger partial charge in [0.15, 0.2) is 0 Å². The number of amides is 2. The number of imide groups is 1. The summed E-state index contributed by atoms with van der Waals surface area (Å²) in [6.07, 6.45) is 5.02. The highest BCUT2D eigenvalue weighted by Gasteiger charge is 2.37. The molecule has 114 valence electrons. The first-order chi connectivity index (χ1) is 9.37. The average Bonchev–Trinajstić information content (AvgIpc) is 2.82. The fraction of sp³-hybridized carbons (Fsp3) is 0.867. The van der Waals surface area contributed by atoms with Crippen molar-refractivity contribution in [3.05, 3.63) is 0 Å². The highest BCUT2D eigenvalue weighted by atomic mass is 16.6. The largest absolute Gasteiger partial charge is 0.443 e. The molecule has 0 aromatic carbocycles. The van der Waals surface area contributed by atoms with Gasteiger partial charge in [0.25, 0.3) is 5.91 Å². The number of carbonyl (C=O) groups is 2. The van der Waals surface area contributed by atoms with Gasteiger partial charge in [0.2, 0.25) is 0 Å². The van der Waals surface area contributed by atoms with Crippen LogP contribution in [0.4, 0.5) is 4.79 Å². The fourth-order valence-corrected chi connectivity index (χ4v) is 2.72. The quantitative estimate of drug-likeness (QED) is 0.782. The van der Waals surface area contributed by atoms with Crippen LogP contribution in [0.15, 0.2) is 0 Å². The molecular weight excluding hydrogens is 258 g/mol. The molecule has 1 aliphatic carbocycles. The Morgan fingerprint density at radius 3 is 2.40 bits per heavy atom. The van der Waals surface area contributed by atoms with E-state index in [9.17, 15) is 9.59 Å². The molecule has 0 spiro atoms. The molecule has 0 N–H and O–H groups in total. The van der Waals surface area contributed by atoms with Gasteiger partial charge in [-0.05, 0) is 46.5 Å². The third-order valence-corrected chi connectivity index (χ3v) is 3.66. The molecule has 1 unspecified atom stereocenters. The zero-order chi connectivity index (χ0) is 14.8. The third kappa shape index (κ3) is 3.95. The van der Waals surface area contributed by atoms with Crippen LogP contribution in [0, 0.1) is 0 Å². The molecule has 2 fully saturated rings. The molecule has 1 atom stereocenters. The molecule has 20 heavy (non-hydrogen) atoms. The first-order valence-corrected chi connectivity index (χ1v) is 7.56. The van der Waals surface area contributed by atoms with Crippen molar-refractivity contribution in [2.24, 2.45) is 0 Å². The lowest BCUT2D eigenvalue weighted by molar-refractivity contribution is -0.150. The molecule has 2 aliphatic rings. The van der Waals surface area contributed by atoms with E-state index < -0.39 is 17.8 Å². The van der Waals surface area contributed by atoms with Gasteiger partial charge in [-0.3, -0.25) is 4.79 Å². The second-order valence-corrected chi connectivity index (χ2v) is 6.64. The second kappa shape index (κ2) is 6.12. The molecule has 0 radical (unpaired) electrons. The van der Waals surface area contributed by atoms with Gasteiger partial charge in [0.05, 0.1) is 6.10 Å². The van der Waals surface area contributed by atoms with Crippen LogP contribution >= 0.6 is 0 Å². The maximum atomic E-state index is 12.3. The summed E-state index contributed by atoms with van der Waals surface area (Å²) in [5, 5.41) is 0. The minimum absolute atomic E-state index is 0.183. The van der Waals surface area contributed by atoms with Crippen molar-refractivity contribution in [1.29, 1.82) is 0 Å². The van der Waals surface area contributed by atoms with Gasteiger partial charge in [-0.2, -0.15) is 0 Å². The summed E-state index contributed by atoms with van der Waals surface area (Å²) in [7, 11) is 0. The summed E-state index contributed by atoms with van der Waals surface area (Å²) >= 11 is 0. The van der Waals surface area contributed by atoms with Crippen molar-refractivity contribution in [3.63, 3.8) is 0 Å². The van der Waals surface area contributed by atoms with E-state index in [0.717, 1.165) is 19.3 Å². The molecule has 1 aliphatic heterocycles. The SMILES string of the molecule is CC(C)(C)OC(=O)N1CCCC(OC2CCCC2)C1=O. The van der Waals surface area contributed by atoms with Crippen LogP contribution in [0.2, 0.25) is 0 Å². The van der Waals surface area contributed by atoms with Crippen LogP contribution in [0.1, 0.15) is 59.3 Å². The molecule has 1 saturated carbocycles. The van der Waals surface area contributed by atoms with Gasteiger partial charge in [-0.25, -0.2) is 9.69 Å². The van der Waals surface area contributed by atoms with E-state index in [0.29, 0.717) is 13.0 Å². The Kier molecular flexibility index (Phi) is 4.68. The average molecular weight is 283 g/mol. The smallest absolute Gasteiger partial charge is 0.417 e. The minimum Gasteiger partial charge on any atom is -0.443 e. The summed E-state index contributed by atoms with van der Waals surface area (Å²) in [4.78, 5) is 25.6. The Hall–Kier alpha value is -1.10. The third-order valence-electron chi connectivity index (χ3n) is 3.66. The zero-order valence-electron chi connectivity index (χ0n) is 12.7. The van der Waals surface area contributed by atoms with Gasteiger partial charge < -0.3 is 9.47 Å². The van der Waals surface area contributed by atoms with Crippen molar-refractivity contribution in [2.75, 3.05) is 6.54 Å². The Morgan fingerprint density at radius 1 is 1.15 bits per heavy atom. The van der Waals surface area contributed by atoms with Crippen molar-refractivity contribution < 1.29 is 19.1 Å². The summed E-state index contributed by atoms with van der Waals surface area (Å²) in [5.41, 5.74) is -0.587. The lowest BCUT2D eigenvalue weighted by Crippen LogP contribution is -2.50. The molecule has 2 amide bonds. The molecule has 5 nitrogen and oxygen atoms in total. The molecule has 0 aromatic rings. The summed E-state index contributed by atoms with van der Waals surface area (Å²) in [6, 6.07) is 0. The number of carbonyl (C=O) groups excluding carboxylic acids is 2. The Morgan fingerprint density at radius 2 is 1.80 bits per heavy atom. The van der Waals surface area contributed by atoms with Crippen molar-refractivity contribution >= 4 is 12.0 Å². The monoisotopic (exact) mass is 283 g/mol. The van der Waals surface area contributed by atoms with Gasteiger partial charge in [-0.15, -0.1) is 0 Å². The van der Waals surface area contributed by atoms with Crippen LogP contribution < -0.4 is 0 Å². The highest BCUT2D eigenvalue weighted by Crippen LogP contribution is 2.26. The summed E-state index contributed by atoms with van der Waals surface area (Å²) in [5.74, 6) is -0.239. The Balaban J connectivity index is 1.93. The van der Waals surface area contributed by atoms with Crippen molar-refractivity contribution in [1.82, 2.24) is 4.90 Å². The molecule has 5 heteroatoms. The predicted octanol–water partition coefficient (Wildman–Crippen LogP) is 2.87. The molecule has 1 heterocycles. The van der Waals surface area contributed by atoms with E-state index >= 15 is 0 Å². The normalized spacial score (nSPS) is 25.1. The van der Waals surface area contributed by atoms with E-state index in [-0.39, 0.29) is 12.0 Å². The predicted molar refractivity (Wildman–Crippen MR) is 74.3 cm³/mol. The number of likely N-dealkylation sites (tertiary alicyclic amines) is 1. The van der Waals surface area contributed by atoms with Crippen LogP contribution in [0.5, 0.6) is 0 Å². The maximum Gasteiger partial charge on any atom is 0.417 e. The van der Waals surface area contributed by atoms with Crippen molar-refractivity contribution in [3.8, 4) is 0 Å². The first-order valence-electron chi connectivity index (χ1n) is 7.56. The second-order valence-electron chi connectivity index (χ2n) is 6.64. The van der Waals surface area contributed by atoms with Crippen LogP contribution in [0.25, 0.3) is 0 Å². The number of nitrogens with zero attached hydrogens (tertiary/aromatic N) is 1.